The molecule has 3 nitrogen and oxygen atoms in total. The Hall–Kier alpha value is -0.720. The molecule has 0 aliphatic carbocycles. The third kappa shape index (κ3) is 6.31. The van der Waals surface area contributed by atoms with Gasteiger partial charge in [0.1, 0.15) is 0 Å². The Morgan fingerprint density at radius 3 is 2.68 bits per heavy atom. The van der Waals surface area contributed by atoms with Crippen molar-refractivity contribution in [1.29, 1.82) is 0 Å². The largest absolute Gasteiger partial charge is 0.490 e. The Morgan fingerprint density at radius 1 is 1.16 bits per heavy atom. The molecule has 0 unspecified atom stereocenters. The van der Waals surface area contributed by atoms with Crippen LogP contribution in [0, 0.1) is 11.6 Å². The van der Waals surface area contributed by atoms with E-state index in [2.05, 4.69) is 21.2 Å². The van der Waals surface area contributed by atoms with Gasteiger partial charge in [0.25, 0.3) is 0 Å². The van der Waals surface area contributed by atoms with Crippen molar-refractivity contribution in [1.82, 2.24) is 5.32 Å². The summed E-state index contributed by atoms with van der Waals surface area (Å²) in [5.41, 5.74) is 0. The first-order valence-electron chi connectivity index (χ1n) is 6.12. The normalized spacial score (nSPS) is 10.7. The maximum Gasteiger partial charge on any atom is 0.200 e. The van der Waals surface area contributed by atoms with Gasteiger partial charge in [-0.1, -0.05) is 15.9 Å². The van der Waals surface area contributed by atoms with Gasteiger partial charge in [-0.25, -0.2) is 4.39 Å². The molecule has 0 heterocycles. The maximum absolute atomic E-state index is 13.3. The molecule has 1 N–H and O–H groups in total. The van der Waals surface area contributed by atoms with Crippen molar-refractivity contribution in [3.63, 3.8) is 0 Å². The van der Waals surface area contributed by atoms with Crippen LogP contribution in [0.15, 0.2) is 16.6 Å². The third-order valence-electron chi connectivity index (χ3n) is 2.45. The molecule has 0 saturated carbocycles. The van der Waals surface area contributed by atoms with E-state index >= 15 is 0 Å². The Balaban J connectivity index is 2.19. The van der Waals surface area contributed by atoms with Crippen LogP contribution in [-0.2, 0) is 4.74 Å². The lowest BCUT2D eigenvalue weighted by Crippen LogP contribution is -2.20. The van der Waals surface area contributed by atoms with Crippen LogP contribution in [0.1, 0.15) is 12.8 Å². The van der Waals surface area contributed by atoms with Gasteiger partial charge in [-0.3, -0.25) is 0 Å². The van der Waals surface area contributed by atoms with Crippen molar-refractivity contribution in [2.75, 3.05) is 33.4 Å². The number of hydrogen-bond acceptors (Lipinski definition) is 3. The standard InChI is InChI=1S/C13H18BrF2NO2/c1-18-7-5-17-4-2-3-6-19-12-9-10(14)8-11(15)13(12)16/h8-9,17H,2-7H2,1H3. The van der Waals surface area contributed by atoms with E-state index in [4.69, 9.17) is 9.47 Å². The molecule has 1 rings (SSSR count). The highest BCUT2D eigenvalue weighted by Crippen LogP contribution is 2.25. The summed E-state index contributed by atoms with van der Waals surface area (Å²) in [6, 6.07) is 2.50. The van der Waals surface area contributed by atoms with Gasteiger partial charge in [-0.2, -0.15) is 4.39 Å². The summed E-state index contributed by atoms with van der Waals surface area (Å²) in [5.74, 6) is -1.91. The second-order valence-corrected chi connectivity index (χ2v) is 4.91. The average molecular weight is 338 g/mol. The van der Waals surface area contributed by atoms with Gasteiger partial charge in [0.2, 0.25) is 5.82 Å². The van der Waals surface area contributed by atoms with Gasteiger partial charge in [0.05, 0.1) is 13.2 Å². The number of methoxy groups -OCH3 is 1. The first-order valence-corrected chi connectivity index (χ1v) is 6.91. The van der Waals surface area contributed by atoms with Gasteiger partial charge < -0.3 is 14.8 Å². The molecule has 0 bridgehead atoms. The molecule has 0 spiro atoms. The Morgan fingerprint density at radius 2 is 1.95 bits per heavy atom. The van der Waals surface area contributed by atoms with Gasteiger partial charge in [0.15, 0.2) is 11.6 Å². The summed E-state index contributed by atoms with van der Waals surface area (Å²) >= 11 is 3.10. The van der Waals surface area contributed by atoms with Crippen molar-refractivity contribution < 1.29 is 18.3 Å². The van der Waals surface area contributed by atoms with Gasteiger partial charge in [-0.15, -0.1) is 0 Å². The minimum atomic E-state index is -0.943. The van der Waals surface area contributed by atoms with Crippen molar-refractivity contribution in [3.05, 3.63) is 28.2 Å². The summed E-state index contributed by atoms with van der Waals surface area (Å²) in [7, 11) is 1.65. The fraction of sp³-hybridized carbons (Fsp3) is 0.538. The second-order valence-electron chi connectivity index (χ2n) is 4.00. The van der Waals surface area contributed by atoms with Crippen LogP contribution in [0.25, 0.3) is 0 Å². The summed E-state index contributed by atoms with van der Waals surface area (Å²) in [5, 5.41) is 3.19. The average Bonchev–Trinajstić information content (AvgIpc) is 2.38. The number of halogens is 3. The van der Waals surface area contributed by atoms with E-state index in [1.165, 1.54) is 6.07 Å². The molecule has 0 saturated heterocycles. The molecule has 19 heavy (non-hydrogen) atoms. The minimum Gasteiger partial charge on any atom is -0.490 e. The minimum absolute atomic E-state index is 0.0563. The first kappa shape index (κ1) is 16.3. The third-order valence-corrected chi connectivity index (χ3v) is 2.91. The fourth-order valence-electron chi connectivity index (χ4n) is 1.47. The zero-order valence-electron chi connectivity index (χ0n) is 10.8. The summed E-state index contributed by atoms with van der Waals surface area (Å²) in [6.07, 6.45) is 1.68. The fourth-order valence-corrected chi connectivity index (χ4v) is 1.88. The molecule has 0 radical (unpaired) electrons. The molecule has 6 heteroatoms. The molecule has 108 valence electrons. The molecule has 0 aliphatic rings. The molecular formula is C13H18BrF2NO2. The van der Waals surface area contributed by atoms with Crippen LogP contribution >= 0.6 is 15.9 Å². The van der Waals surface area contributed by atoms with Gasteiger partial charge in [0, 0.05) is 18.1 Å². The second kappa shape index (κ2) is 9.23. The van der Waals surface area contributed by atoms with Crippen LogP contribution in [-0.4, -0.2) is 33.4 Å². The lowest BCUT2D eigenvalue weighted by molar-refractivity contribution is 0.199. The Kier molecular flexibility index (Phi) is 7.93. The van der Waals surface area contributed by atoms with Crippen molar-refractivity contribution in [2.45, 2.75) is 12.8 Å². The smallest absolute Gasteiger partial charge is 0.200 e. The van der Waals surface area contributed by atoms with Crippen LogP contribution in [0.4, 0.5) is 8.78 Å². The highest BCUT2D eigenvalue weighted by molar-refractivity contribution is 9.10. The molecule has 1 aromatic carbocycles. The summed E-state index contributed by atoms with van der Waals surface area (Å²) in [4.78, 5) is 0. The van der Waals surface area contributed by atoms with Crippen LogP contribution < -0.4 is 10.1 Å². The highest BCUT2D eigenvalue weighted by Gasteiger charge is 2.10. The molecule has 0 atom stereocenters. The van der Waals surface area contributed by atoms with E-state index in [1.54, 1.807) is 7.11 Å². The van der Waals surface area contributed by atoms with Gasteiger partial charge in [-0.05, 0) is 31.5 Å². The van der Waals surface area contributed by atoms with E-state index < -0.39 is 11.6 Å². The zero-order valence-corrected chi connectivity index (χ0v) is 12.4. The van der Waals surface area contributed by atoms with E-state index in [0.29, 0.717) is 17.7 Å². The molecule has 0 amide bonds. The Labute approximate surface area is 120 Å². The predicted molar refractivity (Wildman–Crippen MR) is 73.5 cm³/mol. The number of hydrogen-bond donors (Lipinski definition) is 1. The zero-order chi connectivity index (χ0) is 14.1. The highest BCUT2D eigenvalue weighted by atomic mass is 79.9. The Bertz CT molecular complexity index is 391. The van der Waals surface area contributed by atoms with Crippen molar-refractivity contribution >= 4 is 15.9 Å². The van der Waals surface area contributed by atoms with Crippen molar-refractivity contribution in [2.24, 2.45) is 0 Å². The van der Waals surface area contributed by atoms with Gasteiger partial charge >= 0.3 is 0 Å². The first-order chi connectivity index (χ1) is 9.15. The topological polar surface area (TPSA) is 30.5 Å². The number of rotatable bonds is 9. The van der Waals surface area contributed by atoms with E-state index in [9.17, 15) is 8.78 Å². The number of nitrogens with one attached hydrogen (secondary N) is 1. The van der Waals surface area contributed by atoms with E-state index in [1.807, 2.05) is 0 Å². The molecular weight excluding hydrogens is 320 g/mol. The molecule has 1 aromatic rings. The van der Waals surface area contributed by atoms with Crippen molar-refractivity contribution in [3.8, 4) is 5.75 Å². The lowest BCUT2D eigenvalue weighted by Gasteiger charge is -2.08. The van der Waals surface area contributed by atoms with Crippen LogP contribution in [0.3, 0.4) is 0 Å². The molecule has 0 aromatic heterocycles. The number of unbranched alkanes of at least 4 members (excludes halogenated alkanes) is 1. The predicted octanol–water partition coefficient (Wildman–Crippen LogP) is 3.12. The van der Waals surface area contributed by atoms with Crippen LogP contribution in [0.5, 0.6) is 5.75 Å². The SMILES string of the molecule is COCCNCCCCOc1cc(Br)cc(F)c1F. The lowest BCUT2D eigenvalue weighted by atomic mass is 10.3. The molecule has 0 aliphatic heterocycles. The van der Waals surface area contributed by atoms with E-state index in [-0.39, 0.29) is 5.75 Å². The van der Waals surface area contributed by atoms with Crippen LogP contribution in [0.2, 0.25) is 0 Å². The summed E-state index contributed by atoms with van der Waals surface area (Å²) < 4.78 is 37.0. The summed E-state index contributed by atoms with van der Waals surface area (Å²) in [6.45, 7) is 2.70. The molecule has 0 fully saturated rings. The number of benzene rings is 1. The number of ether oxygens (including phenoxy) is 2. The van der Waals surface area contributed by atoms with E-state index in [0.717, 1.165) is 32.0 Å². The maximum atomic E-state index is 13.3. The quantitative estimate of drug-likeness (QED) is 0.554. The monoisotopic (exact) mass is 337 g/mol.